The lowest BCUT2D eigenvalue weighted by Gasteiger charge is -2.60. The van der Waals surface area contributed by atoms with E-state index in [1.54, 1.807) is 6.07 Å². The first-order valence-corrected chi connectivity index (χ1v) is 6.75. The topological polar surface area (TPSA) is 97.5 Å². The van der Waals surface area contributed by atoms with Crippen LogP contribution in [0.4, 0.5) is 5.82 Å². The maximum absolute atomic E-state index is 12.6. The molecule has 1 aliphatic carbocycles. The molecule has 6 nitrogen and oxygen atoms in total. The summed E-state index contributed by atoms with van der Waals surface area (Å²) in [6, 6.07) is 3.07. The highest BCUT2D eigenvalue weighted by Crippen LogP contribution is 2.58. The number of nitrogens with zero attached hydrogens (tertiary/aromatic N) is 1. The summed E-state index contributed by atoms with van der Waals surface area (Å²) >= 11 is 0. The molecule has 0 radical (unpaired) electrons. The third kappa shape index (κ3) is 1.52. The predicted molar refractivity (Wildman–Crippen MR) is 73.1 cm³/mol. The molecule has 2 aliphatic rings. The van der Waals surface area contributed by atoms with Crippen LogP contribution in [0.2, 0.25) is 0 Å². The Kier molecular flexibility index (Phi) is 2.78. The molecule has 1 aromatic rings. The molecule has 1 saturated carbocycles. The largest absolute Gasteiger partial charge is 0.504 e. The molecule has 0 aromatic carbocycles. The van der Waals surface area contributed by atoms with E-state index in [4.69, 9.17) is 10.5 Å². The van der Waals surface area contributed by atoms with Crippen molar-refractivity contribution in [3.05, 3.63) is 18.3 Å². The van der Waals surface area contributed by atoms with E-state index in [2.05, 4.69) is 10.3 Å². The van der Waals surface area contributed by atoms with Crippen molar-refractivity contribution in [2.24, 2.45) is 17.1 Å². The van der Waals surface area contributed by atoms with Crippen LogP contribution in [-0.4, -0.2) is 34.2 Å². The number of hydrogen-bond donors (Lipinski definition) is 3. The second kappa shape index (κ2) is 4.17. The molecule has 1 aromatic heterocycles. The molecule has 108 valence electrons. The number of carbonyl (C=O) groups excluding carboxylic acids is 1. The summed E-state index contributed by atoms with van der Waals surface area (Å²) in [5, 5.41) is 12.3. The molecule has 3 unspecified atom stereocenters. The van der Waals surface area contributed by atoms with E-state index < -0.39 is 11.0 Å². The second-order valence-electron chi connectivity index (χ2n) is 6.10. The van der Waals surface area contributed by atoms with E-state index in [9.17, 15) is 9.90 Å². The molecule has 1 amide bonds. The summed E-state index contributed by atoms with van der Waals surface area (Å²) in [5.74, 6) is -0.229. The minimum atomic E-state index is -1.00. The number of anilines is 1. The Balaban J connectivity index is 1.85. The first-order chi connectivity index (χ1) is 9.39. The van der Waals surface area contributed by atoms with Gasteiger partial charge in [-0.25, -0.2) is 4.98 Å². The van der Waals surface area contributed by atoms with Crippen molar-refractivity contribution < 1.29 is 14.6 Å². The van der Waals surface area contributed by atoms with Gasteiger partial charge in [-0.05, 0) is 18.6 Å². The number of rotatable bonds is 2. The lowest BCUT2D eigenvalue weighted by molar-refractivity contribution is -0.170. The van der Waals surface area contributed by atoms with Crippen LogP contribution in [-0.2, 0) is 9.53 Å². The molecule has 20 heavy (non-hydrogen) atoms. The maximum Gasteiger partial charge on any atom is 0.246 e. The predicted octanol–water partition coefficient (Wildman–Crippen LogP) is 0.868. The summed E-state index contributed by atoms with van der Waals surface area (Å²) in [5.41, 5.74) is 4.96. The van der Waals surface area contributed by atoms with Gasteiger partial charge in [0.1, 0.15) is 5.54 Å². The molecule has 1 saturated heterocycles. The van der Waals surface area contributed by atoms with E-state index >= 15 is 0 Å². The van der Waals surface area contributed by atoms with Crippen molar-refractivity contribution in [3.8, 4) is 5.75 Å². The minimum absolute atomic E-state index is 0.0170. The van der Waals surface area contributed by atoms with E-state index in [1.807, 2.05) is 13.8 Å². The number of aromatic hydroxyl groups is 1. The van der Waals surface area contributed by atoms with Crippen molar-refractivity contribution in [1.82, 2.24) is 4.98 Å². The van der Waals surface area contributed by atoms with Crippen molar-refractivity contribution in [2.45, 2.75) is 31.9 Å². The second-order valence-corrected chi connectivity index (χ2v) is 6.10. The van der Waals surface area contributed by atoms with E-state index in [-0.39, 0.29) is 29.5 Å². The SMILES string of the molecule is CC1(C)C2OCCC2C1(N)C(=O)Nc1ncccc1O. The Morgan fingerprint density at radius 2 is 2.35 bits per heavy atom. The first kappa shape index (κ1) is 13.3. The Hall–Kier alpha value is -1.66. The van der Waals surface area contributed by atoms with Crippen LogP contribution in [0.25, 0.3) is 0 Å². The third-order valence-corrected chi connectivity index (χ3v) is 4.85. The Morgan fingerprint density at radius 3 is 3.05 bits per heavy atom. The fourth-order valence-corrected chi connectivity index (χ4v) is 3.55. The summed E-state index contributed by atoms with van der Waals surface area (Å²) in [6.45, 7) is 4.52. The number of aromatic nitrogens is 1. The summed E-state index contributed by atoms with van der Waals surface area (Å²) in [4.78, 5) is 16.5. The van der Waals surface area contributed by atoms with Crippen LogP contribution >= 0.6 is 0 Å². The molecule has 0 bridgehead atoms. The fourth-order valence-electron chi connectivity index (χ4n) is 3.55. The van der Waals surface area contributed by atoms with Gasteiger partial charge in [-0.15, -0.1) is 0 Å². The molecule has 4 N–H and O–H groups in total. The van der Waals surface area contributed by atoms with Crippen LogP contribution < -0.4 is 11.1 Å². The van der Waals surface area contributed by atoms with Crippen LogP contribution in [0.5, 0.6) is 5.75 Å². The van der Waals surface area contributed by atoms with Gasteiger partial charge in [-0.3, -0.25) is 4.79 Å². The Morgan fingerprint density at radius 1 is 1.60 bits per heavy atom. The summed E-state index contributed by atoms with van der Waals surface area (Å²) < 4.78 is 5.66. The highest BCUT2D eigenvalue weighted by Gasteiger charge is 2.71. The fraction of sp³-hybridized carbons (Fsp3) is 0.571. The summed E-state index contributed by atoms with van der Waals surface area (Å²) in [6.07, 6.45) is 2.31. The highest BCUT2D eigenvalue weighted by atomic mass is 16.5. The van der Waals surface area contributed by atoms with E-state index in [0.29, 0.717) is 6.61 Å². The number of amides is 1. The standard InChI is InChI=1S/C14H19N3O3/c1-13(2)10-8(5-7-20-10)14(13,15)12(19)17-11-9(18)4-3-6-16-11/h3-4,6,8,10,18H,5,7,15H2,1-2H3,(H,16,17,19). The zero-order valence-corrected chi connectivity index (χ0v) is 11.6. The van der Waals surface area contributed by atoms with Crippen LogP contribution in [0.3, 0.4) is 0 Å². The average molecular weight is 277 g/mol. The minimum Gasteiger partial charge on any atom is -0.504 e. The monoisotopic (exact) mass is 277 g/mol. The number of fused-ring (bicyclic) bond motifs is 1. The van der Waals surface area contributed by atoms with Crippen LogP contribution in [0, 0.1) is 11.3 Å². The molecule has 2 fully saturated rings. The van der Waals surface area contributed by atoms with Crippen molar-refractivity contribution in [3.63, 3.8) is 0 Å². The normalized spacial score (nSPS) is 34.1. The highest BCUT2D eigenvalue weighted by molar-refractivity contribution is 6.00. The molecular weight excluding hydrogens is 258 g/mol. The number of carbonyl (C=O) groups is 1. The maximum atomic E-state index is 12.6. The van der Waals surface area contributed by atoms with Crippen LogP contribution in [0.1, 0.15) is 20.3 Å². The van der Waals surface area contributed by atoms with E-state index in [0.717, 1.165) is 6.42 Å². The summed E-state index contributed by atoms with van der Waals surface area (Å²) in [7, 11) is 0. The Labute approximate surface area is 117 Å². The van der Waals surface area contributed by atoms with Gasteiger partial charge in [0.05, 0.1) is 6.10 Å². The van der Waals surface area contributed by atoms with Gasteiger partial charge in [0.2, 0.25) is 5.91 Å². The first-order valence-electron chi connectivity index (χ1n) is 6.75. The van der Waals surface area contributed by atoms with E-state index in [1.165, 1.54) is 12.3 Å². The molecule has 0 spiro atoms. The molecule has 6 heteroatoms. The number of hydrogen-bond acceptors (Lipinski definition) is 5. The zero-order chi connectivity index (χ0) is 14.5. The van der Waals surface area contributed by atoms with Gasteiger partial charge in [-0.1, -0.05) is 13.8 Å². The Bertz CT molecular complexity index is 560. The number of nitrogens with one attached hydrogen (secondary N) is 1. The van der Waals surface area contributed by atoms with Gasteiger partial charge in [0.25, 0.3) is 0 Å². The molecular formula is C14H19N3O3. The zero-order valence-electron chi connectivity index (χ0n) is 11.6. The average Bonchev–Trinajstić information content (AvgIpc) is 2.88. The molecule has 3 atom stereocenters. The quantitative estimate of drug-likeness (QED) is 0.745. The van der Waals surface area contributed by atoms with Crippen molar-refractivity contribution in [1.29, 1.82) is 0 Å². The molecule has 3 rings (SSSR count). The lowest BCUT2D eigenvalue weighted by atomic mass is 9.48. The van der Waals surface area contributed by atoms with Crippen molar-refractivity contribution >= 4 is 11.7 Å². The van der Waals surface area contributed by atoms with Gasteiger partial charge < -0.3 is 20.9 Å². The number of ether oxygens (including phenoxy) is 1. The smallest absolute Gasteiger partial charge is 0.246 e. The molecule has 2 heterocycles. The molecule has 1 aliphatic heterocycles. The van der Waals surface area contributed by atoms with Crippen molar-refractivity contribution in [2.75, 3.05) is 11.9 Å². The van der Waals surface area contributed by atoms with Gasteiger partial charge >= 0.3 is 0 Å². The lowest BCUT2D eigenvalue weighted by Crippen LogP contribution is -2.79. The van der Waals surface area contributed by atoms with Gasteiger partial charge in [0, 0.05) is 24.1 Å². The third-order valence-electron chi connectivity index (χ3n) is 4.85. The number of pyridine rings is 1. The van der Waals surface area contributed by atoms with Crippen LogP contribution in [0.15, 0.2) is 18.3 Å². The van der Waals surface area contributed by atoms with Gasteiger partial charge in [0.15, 0.2) is 11.6 Å². The van der Waals surface area contributed by atoms with Gasteiger partial charge in [-0.2, -0.15) is 0 Å². The number of nitrogens with two attached hydrogens (primary N) is 1.